The molecule has 3 aromatic rings. The van der Waals surface area contributed by atoms with Crippen LogP contribution < -0.4 is 19.9 Å². The zero-order valence-electron chi connectivity index (χ0n) is 21.3. The third-order valence-electron chi connectivity index (χ3n) is 7.26. The Bertz CT molecular complexity index is 1290. The zero-order chi connectivity index (χ0) is 24.9. The van der Waals surface area contributed by atoms with E-state index in [1.54, 1.807) is 20.5 Å². The molecule has 4 heterocycles. The third-order valence-corrected chi connectivity index (χ3v) is 7.26. The number of hydrogen-bond donors (Lipinski definition) is 1. The van der Waals surface area contributed by atoms with Crippen LogP contribution in [0.4, 0.5) is 23.1 Å². The summed E-state index contributed by atoms with van der Waals surface area (Å²) in [6, 6.07) is 5.95. The van der Waals surface area contributed by atoms with Crippen LogP contribution in [0, 0.1) is 6.92 Å². The number of aromatic nitrogens is 4. The molecule has 35 heavy (non-hydrogen) atoms. The Morgan fingerprint density at radius 1 is 1.26 bits per heavy atom. The van der Waals surface area contributed by atoms with Gasteiger partial charge in [0.05, 0.1) is 42.2 Å². The molecular formula is C26H33N7O2. The van der Waals surface area contributed by atoms with E-state index in [9.17, 15) is 0 Å². The molecule has 2 aliphatic heterocycles. The molecule has 0 aliphatic carbocycles. The summed E-state index contributed by atoms with van der Waals surface area (Å²) < 4.78 is 13.4. The van der Waals surface area contributed by atoms with Crippen molar-refractivity contribution in [2.75, 3.05) is 42.9 Å². The predicted molar refractivity (Wildman–Crippen MR) is 138 cm³/mol. The maximum atomic E-state index is 5.74. The van der Waals surface area contributed by atoms with Gasteiger partial charge in [-0.15, -0.1) is 0 Å². The SMILES string of the molecule is C=C1N(C)c2c(CC)nc(Nc3ccc(-n4cnc(C)c4)c(OC)c3)nc2N2CC(OC)CC12C. The van der Waals surface area contributed by atoms with Gasteiger partial charge in [-0.1, -0.05) is 13.5 Å². The first-order valence-electron chi connectivity index (χ1n) is 11.9. The summed E-state index contributed by atoms with van der Waals surface area (Å²) in [7, 11) is 5.49. The van der Waals surface area contributed by atoms with Crippen molar-refractivity contribution in [1.82, 2.24) is 19.5 Å². The lowest BCUT2D eigenvalue weighted by Gasteiger charge is -2.47. The van der Waals surface area contributed by atoms with Crippen LogP contribution in [0.5, 0.6) is 5.75 Å². The molecule has 1 N–H and O–H groups in total. The number of nitrogens with one attached hydrogen (secondary N) is 1. The molecule has 1 saturated heterocycles. The summed E-state index contributed by atoms with van der Waals surface area (Å²) in [5, 5.41) is 3.41. The minimum Gasteiger partial charge on any atom is -0.494 e. The number of aryl methyl sites for hydroxylation is 2. The molecule has 0 saturated carbocycles. The summed E-state index contributed by atoms with van der Waals surface area (Å²) in [5.74, 6) is 2.19. The largest absolute Gasteiger partial charge is 0.494 e. The average Bonchev–Trinajstić information content (AvgIpc) is 3.45. The Kier molecular flexibility index (Phi) is 5.67. The highest BCUT2D eigenvalue weighted by atomic mass is 16.5. The predicted octanol–water partition coefficient (Wildman–Crippen LogP) is 4.23. The van der Waals surface area contributed by atoms with Crippen molar-refractivity contribution in [3.63, 3.8) is 0 Å². The molecule has 1 fully saturated rings. The lowest BCUT2D eigenvalue weighted by Crippen LogP contribution is -2.52. The summed E-state index contributed by atoms with van der Waals surface area (Å²) in [5.41, 5.74) is 5.48. The molecule has 0 spiro atoms. The van der Waals surface area contributed by atoms with Crippen LogP contribution in [-0.4, -0.2) is 59.0 Å². The molecule has 9 heteroatoms. The second kappa shape index (κ2) is 8.57. The Morgan fingerprint density at radius 3 is 2.71 bits per heavy atom. The Hall–Kier alpha value is -3.59. The van der Waals surface area contributed by atoms with Crippen LogP contribution in [0.2, 0.25) is 0 Å². The van der Waals surface area contributed by atoms with Crippen molar-refractivity contribution in [3.05, 3.63) is 54.4 Å². The number of ether oxygens (including phenoxy) is 2. The number of likely N-dealkylation sites (N-methyl/N-ethyl adjacent to an activating group) is 1. The Balaban J connectivity index is 1.54. The number of hydrogen-bond acceptors (Lipinski definition) is 8. The van der Waals surface area contributed by atoms with Gasteiger partial charge in [-0.2, -0.15) is 4.98 Å². The molecule has 0 amide bonds. The molecule has 2 unspecified atom stereocenters. The smallest absolute Gasteiger partial charge is 0.229 e. The monoisotopic (exact) mass is 475 g/mol. The molecular weight excluding hydrogens is 442 g/mol. The number of methoxy groups -OCH3 is 2. The first-order chi connectivity index (χ1) is 16.8. The number of rotatable bonds is 6. The Morgan fingerprint density at radius 2 is 2.06 bits per heavy atom. The molecule has 1 aromatic carbocycles. The second-order valence-electron chi connectivity index (χ2n) is 9.41. The molecule has 0 bridgehead atoms. The zero-order valence-corrected chi connectivity index (χ0v) is 21.3. The summed E-state index contributed by atoms with van der Waals surface area (Å²) >= 11 is 0. The molecule has 2 atom stereocenters. The van der Waals surface area contributed by atoms with Gasteiger partial charge >= 0.3 is 0 Å². The van der Waals surface area contributed by atoms with E-state index in [0.717, 1.165) is 65.1 Å². The van der Waals surface area contributed by atoms with E-state index in [2.05, 4.69) is 47.6 Å². The highest BCUT2D eigenvalue weighted by Gasteiger charge is 2.51. The van der Waals surface area contributed by atoms with Crippen molar-refractivity contribution >= 4 is 23.1 Å². The fourth-order valence-electron chi connectivity index (χ4n) is 5.24. The van der Waals surface area contributed by atoms with E-state index in [0.29, 0.717) is 5.95 Å². The summed E-state index contributed by atoms with van der Waals surface area (Å²) in [6.07, 6.45) is 5.52. The van der Waals surface area contributed by atoms with E-state index in [4.69, 9.17) is 19.4 Å². The quantitative estimate of drug-likeness (QED) is 0.567. The van der Waals surface area contributed by atoms with Crippen LogP contribution in [0.25, 0.3) is 5.69 Å². The van der Waals surface area contributed by atoms with Crippen molar-refractivity contribution in [1.29, 1.82) is 0 Å². The standard InChI is InChI=1S/C26H33N7O2/c1-8-20-23-24(33-14-19(34-6)12-26(33,4)17(3)31(23)5)30-25(29-20)28-18-9-10-21(22(11-18)35-7)32-13-16(2)27-15-32/h9-11,13,15,19H,3,8,12,14H2,1-2,4-7H3,(H,28,29,30). The average molecular weight is 476 g/mol. The lowest BCUT2D eigenvalue weighted by atomic mass is 9.90. The van der Waals surface area contributed by atoms with E-state index >= 15 is 0 Å². The highest BCUT2D eigenvalue weighted by molar-refractivity contribution is 5.80. The number of anilines is 4. The summed E-state index contributed by atoms with van der Waals surface area (Å²) in [4.78, 5) is 18.7. The topological polar surface area (TPSA) is 80.6 Å². The fourth-order valence-corrected chi connectivity index (χ4v) is 5.24. The minimum absolute atomic E-state index is 0.121. The van der Waals surface area contributed by atoms with Gasteiger partial charge in [-0.05, 0) is 32.4 Å². The van der Waals surface area contributed by atoms with Crippen molar-refractivity contribution in [2.24, 2.45) is 0 Å². The molecule has 0 radical (unpaired) electrons. The van der Waals surface area contributed by atoms with Crippen LogP contribution in [-0.2, 0) is 11.2 Å². The minimum atomic E-state index is -0.257. The highest BCUT2D eigenvalue weighted by Crippen LogP contribution is 2.49. The number of nitrogens with zero attached hydrogens (tertiary/aromatic N) is 6. The van der Waals surface area contributed by atoms with E-state index < -0.39 is 0 Å². The van der Waals surface area contributed by atoms with Gasteiger partial charge in [0.25, 0.3) is 0 Å². The molecule has 2 aromatic heterocycles. The maximum absolute atomic E-state index is 5.74. The lowest BCUT2D eigenvalue weighted by molar-refractivity contribution is 0.115. The van der Waals surface area contributed by atoms with Crippen LogP contribution >= 0.6 is 0 Å². The van der Waals surface area contributed by atoms with E-state index in [-0.39, 0.29) is 11.6 Å². The molecule has 9 nitrogen and oxygen atoms in total. The normalized spacial score (nSPS) is 21.2. The fraction of sp³-hybridized carbons (Fsp3) is 0.423. The van der Waals surface area contributed by atoms with Gasteiger partial charge in [0.1, 0.15) is 11.4 Å². The van der Waals surface area contributed by atoms with Gasteiger partial charge in [0, 0.05) is 50.8 Å². The molecule has 5 rings (SSSR count). The number of imidazole rings is 1. The van der Waals surface area contributed by atoms with Gasteiger partial charge < -0.3 is 29.2 Å². The van der Waals surface area contributed by atoms with Crippen molar-refractivity contribution < 1.29 is 9.47 Å². The maximum Gasteiger partial charge on any atom is 0.229 e. The van der Waals surface area contributed by atoms with Gasteiger partial charge in [0.15, 0.2) is 5.82 Å². The summed E-state index contributed by atoms with van der Waals surface area (Å²) in [6.45, 7) is 11.5. The van der Waals surface area contributed by atoms with E-state index in [1.807, 2.05) is 35.9 Å². The van der Waals surface area contributed by atoms with E-state index in [1.165, 1.54) is 0 Å². The van der Waals surface area contributed by atoms with Gasteiger partial charge in [-0.25, -0.2) is 9.97 Å². The molecule has 2 aliphatic rings. The van der Waals surface area contributed by atoms with Gasteiger partial charge in [0.2, 0.25) is 5.95 Å². The van der Waals surface area contributed by atoms with Crippen LogP contribution in [0.1, 0.15) is 31.7 Å². The van der Waals surface area contributed by atoms with Gasteiger partial charge in [-0.3, -0.25) is 0 Å². The first-order valence-corrected chi connectivity index (χ1v) is 11.9. The Labute approximate surface area is 206 Å². The number of fused-ring (bicyclic) bond motifs is 3. The van der Waals surface area contributed by atoms with Crippen molar-refractivity contribution in [3.8, 4) is 11.4 Å². The first kappa shape index (κ1) is 23.2. The van der Waals surface area contributed by atoms with Crippen molar-refractivity contribution in [2.45, 2.75) is 45.3 Å². The number of benzene rings is 1. The van der Waals surface area contributed by atoms with Crippen LogP contribution in [0.15, 0.2) is 43.0 Å². The third kappa shape index (κ3) is 3.70. The van der Waals surface area contributed by atoms with Crippen LogP contribution in [0.3, 0.4) is 0 Å². The molecule has 184 valence electrons. The second-order valence-corrected chi connectivity index (χ2v) is 9.41.